The Morgan fingerprint density at radius 1 is 1.33 bits per heavy atom. The van der Waals surface area contributed by atoms with E-state index in [1.165, 1.54) is 6.92 Å². The van der Waals surface area contributed by atoms with Gasteiger partial charge in [-0.3, -0.25) is 14.5 Å². The van der Waals surface area contributed by atoms with E-state index in [0.717, 1.165) is 25.9 Å². The third-order valence-electron chi connectivity index (χ3n) is 4.33. The van der Waals surface area contributed by atoms with Crippen molar-refractivity contribution in [2.24, 2.45) is 0 Å². The van der Waals surface area contributed by atoms with Crippen molar-refractivity contribution in [3.63, 3.8) is 0 Å². The fraction of sp³-hybridized carbons (Fsp3) is 0.529. The van der Waals surface area contributed by atoms with Crippen LogP contribution in [0, 0.1) is 0 Å². The fourth-order valence-electron chi connectivity index (χ4n) is 3.08. The molecule has 1 fully saturated rings. The van der Waals surface area contributed by atoms with Gasteiger partial charge in [0.15, 0.2) is 17.3 Å². The van der Waals surface area contributed by atoms with Crippen LogP contribution >= 0.6 is 0 Å². The number of Topliss-reactive ketones (excluding diaryl/α,β-unsaturated/α-hetero) is 1. The van der Waals surface area contributed by atoms with E-state index in [2.05, 4.69) is 10.2 Å². The highest BCUT2D eigenvalue weighted by molar-refractivity contribution is 6.05. The van der Waals surface area contributed by atoms with Crippen LogP contribution in [-0.2, 0) is 9.53 Å². The van der Waals surface area contributed by atoms with Gasteiger partial charge in [0, 0.05) is 25.3 Å². The van der Waals surface area contributed by atoms with Crippen molar-refractivity contribution in [2.75, 3.05) is 38.9 Å². The number of hydrogen-bond acceptors (Lipinski definition) is 6. The van der Waals surface area contributed by atoms with Crippen molar-refractivity contribution >= 4 is 17.4 Å². The molecule has 0 saturated carbocycles. The lowest BCUT2D eigenvalue weighted by molar-refractivity contribution is -0.118. The number of carbonyl (C=O) groups is 2. The minimum atomic E-state index is -0.159. The van der Waals surface area contributed by atoms with Gasteiger partial charge in [-0.25, -0.2) is 0 Å². The molecule has 0 bridgehead atoms. The Morgan fingerprint density at radius 3 is 2.79 bits per heavy atom. The lowest BCUT2D eigenvalue weighted by atomic mass is 10.1. The lowest BCUT2D eigenvalue weighted by Gasteiger charge is -2.31. The minimum Gasteiger partial charge on any atom is -0.454 e. The molecule has 1 aromatic rings. The molecule has 2 heterocycles. The molecular formula is C17H22N2O5. The number of amides is 1. The maximum Gasteiger partial charge on any atom is 0.238 e. The summed E-state index contributed by atoms with van der Waals surface area (Å²) in [5.41, 5.74) is 0.873. The second-order valence-corrected chi connectivity index (χ2v) is 6.09. The van der Waals surface area contributed by atoms with E-state index in [4.69, 9.17) is 14.2 Å². The molecule has 1 saturated heterocycles. The standard InChI is InChI=1S/C17H22N2O5/c1-11(20)13-6-15-16(24-10-23-15)7-14(13)18-17(21)9-19-5-3-4-12(8-19)22-2/h6-7,12H,3-5,8-10H2,1-2H3,(H,18,21). The van der Waals surface area contributed by atoms with Gasteiger partial charge in [0.05, 0.1) is 18.3 Å². The van der Waals surface area contributed by atoms with Gasteiger partial charge in [0.25, 0.3) is 0 Å². The predicted molar refractivity (Wildman–Crippen MR) is 87.7 cm³/mol. The number of fused-ring (bicyclic) bond motifs is 1. The van der Waals surface area contributed by atoms with Crippen molar-refractivity contribution < 1.29 is 23.8 Å². The summed E-state index contributed by atoms with van der Waals surface area (Å²) in [5.74, 6) is 0.763. The topological polar surface area (TPSA) is 77.1 Å². The van der Waals surface area contributed by atoms with Gasteiger partial charge in [-0.2, -0.15) is 0 Å². The molecule has 130 valence electrons. The first-order chi connectivity index (χ1) is 11.6. The number of methoxy groups -OCH3 is 1. The number of likely N-dealkylation sites (tertiary alicyclic amines) is 1. The van der Waals surface area contributed by atoms with Gasteiger partial charge in [-0.05, 0) is 32.4 Å². The van der Waals surface area contributed by atoms with Gasteiger partial charge in [0.1, 0.15) is 0 Å². The van der Waals surface area contributed by atoms with E-state index in [1.54, 1.807) is 19.2 Å². The SMILES string of the molecule is COC1CCCN(CC(=O)Nc2cc3c(cc2C(C)=O)OCO3)C1. The molecule has 1 amide bonds. The summed E-state index contributed by atoms with van der Waals surface area (Å²) in [4.78, 5) is 26.3. The van der Waals surface area contributed by atoms with E-state index in [9.17, 15) is 9.59 Å². The Bertz CT molecular complexity index is 646. The number of benzene rings is 1. The molecule has 1 unspecified atom stereocenters. The monoisotopic (exact) mass is 334 g/mol. The Labute approximate surface area is 140 Å². The maximum atomic E-state index is 12.4. The molecular weight excluding hydrogens is 312 g/mol. The Morgan fingerprint density at radius 2 is 2.08 bits per heavy atom. The van der Waals surface area contributed by atoms with E-state index in [0.29, 0.717) is 22.7 Å². The fourth-order valence-corrected chi connectivity index (χ4v) is 3.08. The van der Waals surface area contributed by atoms with Crippen molar-refractivity contribution in [3.8, 4) is 11.5 Å². The summed E-state index contributed by atoms with van der Waals surface area (Å²) >= 11 is 0. The number of ether oxygens (including phenoxy) is 3. The van der Waals surface area contributed by atoms with Crippen LogP contribution in [0.2, 0.25) is 0 Å². The largest absolute Gasteiger partial charge is 0.454 e. The van der Waals surface area contributed by atoms with Crippen molar-refractivity contribution in [1.82, 2.24) is 4.90 Å². The molecule has 0 spiro atoms. The number of nitrogens with zero attached hydrogens (tertiary/aromatic N) is 1. The Kier molecular flexibility index (Phi) is 5.01. The van der Waals surface area contributed by atoms with Crippen LogP contribution in [0.3, 0.4) is 0 Å². The van der Waals surface area contributed by atoms with Crippen molar-refractivity contribution in [1.29, 1.82) is 0 Å². The number of piperidine rings is 1. The summed E-state index contributed by atoms with van der Waals surface area (Å²) in [6.45, 7) is 3.46. The highest BCUT2D eigenvalue weighted by Gasteiger charge is 2.23. The minimum absolute atomic E-state index is 0.121. The second-order valence-electron chi connectivity index (χ2n) is 6.09. The van der Waals surface area contributed by atoms with Crippen LogP contribution in [0.25, 0.3) is 0 Å². The average molecular weight is 334 g/mol. The number of nitrogens with one attached hydrogen (secondary N) is 1. The molecule has 24 heavy (non-hydrogen) atoms. The number of ketones is 1. The van der Waals surface area contributed by atoms with E-state index >= 15 is 0 Å². The van der Waals surface area contributed by atoms with Crippen LogP contribution in [0.4, 0.5) is 5.69 Å². The first-order valence-corrected chi connectivity index (χ1v) is 8.06. The van der Waals surface area contributed by atoms with Crippen molar-refractivity contribution in [3.05, 3.63) is 17.7 Å². The molecule has 7 heteroatoms. The summed E-state index contributed by atoms with van der Waals surface area (Å²) in [5, 5.41) is 2.82. The van der Waals surface area contributed by atoms with Crippen molar-refractivity contribution in [2.45, 2.75) is 25.9 Å². The van der Waals surface area contributed by atoms with Crippen LogP contribution in [-0.4, -0.2) is 56.2 Å². The zero-order valence-corrected chi connectivity index (χ0v) is 14.0. The van der Waals surface area contributed by atoms with Crippen LogP contribution in [0.15, 0.2) is 12.1 Å². The summed E-state index contributed by atoms with van der Waals surface area (Å²) < 4.78 is 16.0. The van der Waals surface area contributed by atoms with Crippen LogP contribution < -0.4 is 14.8 Å². The molecule has 1 aromatic carbocycles. The van der Waals surface area contributed by atoms with Gasteiger partial charge >= 0.3 is 0 Å². The van der Waals surface area contributed by atoms with Crippen LogP contribution in [0.1, 0.15) is 30.1 Å². The zero-order valence-electron chi connectivity index (χ0n) is 14.0. The zero-order chi connectivity index (χ0) is 17.1. The van der Waals surface area contributed by atoms with E-state index < -0.39 is 0 Å². The van der Waals surface area contributed by atoms with Gasteiger partial charge in [-0.15, -0.1) is 0 Å². The molecule has 3 rings (SSSR count). The number of rotatable bonds is 5. The molecule has 7 nitrogen and oxygen atoms in total. The summed E-state index contributed by atoms with van der Waals surface area (Å²) in [6, 6.07) is 3.26. The molecule has 2 aliphatic rings. The molecule has 0 aromatic heterocycles. The first-order valence-electron chi connectivity index (χ1n) is 8.06. The Hall–Kier alpha value is -2.12. The predicted octanol–water partition coefficient (Wildman–Crippen LogP) is 1.67. The van der Waals surface area contributed by atoms with Crippen LogP contribution in [0.5, 0.6) is 11.5 Å². The number of hydrogen-bond donors (Lipinski definition) is 1. The molecule has 2 aliphatic heterocycles. The first kappa shape index (κ1) is 16.7. The molecule has 0 radical (unpaired) electrons. The van der Waals surface area contributed by atoms with Gasteiger partial charge < -0.3 is 19.5 Å². The molecule has 1 atom stereocenters. The van der Waals surface area contributed by atoms with E-state index in [1.807, 2.05) is 0 Å². The summed E-state index contributed by atoms with van der Waals surface area (Å²) in [6.07, 6.45) is 2.20. The third-order valence-corrected chi connectivity index (χ3v) is 4.33. The van der Waals surface area contributed by atoms with Gasteiger partial charge in [-0.1, -0.05) is 0 Å². The average Bonchev–Trinajstić information content (AvgIpc) is 3.01. The molecule has 1 N–H and O–H groups in total. The second kappa shape index (κ2) is 7.19. The number of anilines is 1. The highest BCUT2D eigenvalue weighted by atomic mass is 16.7. The summed E-state index contributed by atoms with van der Waals surface area (Å²) in [7, 11) is 1.69. The van der Waals surface area contributed by atoms with Gasteiger partial charge in [0.2, 0.25) is 12.7 Å². The lowest BCUT2D eigenvalue weighted by Crippen LogP contribution is -2.43. The normalized spacial score (nSPS) is 20.0. The Balaban J connectivity index is 1.69. The molecule has 0 aliphatic carbocycles. The third kappa shape index (κ3) is 3.68. The highest BCUT2D eigenvalue weighted by Crippen LogP contribution is 2.37. The number of carbonyl (C=O) groups excluding carboxylic acids is 2. The smallest absolute Gasteiger partial charge is 0.238 e. The quantitative estimate of drug-likeness (QED) is 0.826. The maximum absolute atomic E-state index is 12.4. The van der Waals surface area contributed by atoms with E-state index in [-0.39, 0.29) is 31.1 Å².